The molecular weight excluding hydrogens is 262 g/mol. The molecule has 7 nitrogen and oxygen atoms in total. The predicted octanol–water partition coefficient (Wildman–Crippen LogP) is 0.746. The fraction of sp³-hybridized carbons (Fsp3) is 0.615. The van der Waals surface area contributed by atoms with Gasteiger partial charge in [0.05, 0.1) is 17.8 Å². The number of aromatic nitrogens is 2. The van der Waals surface area contributed by atoms with Gasteiger partial charge in [-0.25, -0.2) is 0 Å². The highest BCUT2D eigenvalue weighted by atomic mass is 16.5. The second-order valence-electron chi connectivity index (χ2n) is 4.97. The van der Waals surface area contributed by atoms with Crippen molar-refractivity contribution in [3.05, 3.63) is 17.5 Å². The van der Waals surface area contributed by atoms with Crippen LogP contribution in [0.5, 0.6) is 0 Å². The molecule has 1 atom stereocenters. The predicted molar refractivity (Wildman–Crippen MR) is 70.6 cm³/mol. The number of nitrogens with one attached hydrogen (secondary N) is 1. The topological polar surface area (TPSA) is 93.5 Å². The number of aliphatic carboxylic acids is 1. The SMILES string of the molecule is Cc1c(C(=O)N[C@@H](C)C(=O)O)cnn1C1CCOCC1. The van der Waals surface area contributed by atoms with E-state index in [-0.39, 0.29) is 6.04 Å². The van der Waals surface area contributed by atoms with Gasteiger partial charge in [-0.1, -0.05) is 0 Å². The summed E-state index contributed by atoms with van der Waals surface area (Å²) in [7, 11) is 0. The first kappa shape index (κ1) is 14.5. The maximum Gasteiger partial charge on any atom is 0.325 e. The number of carbonyl (C=O) groups excluding carboxylic acids is 1. The molecule has 20 heavy (non-hydrogen) atoms. The van der Waals surface area contributed by atoms with Crippen LogP contribution in [-0.2, 0) is 9.53 Å². The second-order valence-corrected chi connectivity index (χ2v) is 4.97. The average Bonchev–Trinajstić information content (AvgIpc) is 2.81. The lowest BCUT2D eigenvalue weighted by Gasteiger charge is -2.23. The summed E-state index contributed by atoms with van der Waals surface area (Å²) in [6.45, 7) is 4.64. The van der Waals surface area contributed by atoms with Crippen LogP contribution < -0.4 is 5.32 Å². The van der Waals surface area contributed by atoms with Crippen molar-refractivity contribution in [3.8, 4) is 0 Å². The monoisotopic (exact) mass is 281 g/mol. The summed E-state index contributed by atoms with van der Waals surface area (Å²) in [6.07, 6.45) is 3.24. The van der Waals surface area contributed by atoms with Crippen molar-refractivity contribution in [1.29, 1.82) is 0 Å². The molecule has 2 N–H and O–H groups in total. The van der Waals surface area contributed by atoms with Crippen LogP contribution in [0.2, 0.25) is 0 Å². The van der Waals surface area contributed by atoms with E-state index in [1.807, 2.05) is 11.6 Å². The highest BCUT2D eigenvalue weighted by molar-refractivity contribution is 5.97. The fourth-order valence-corrected chi connectivity index (χ4v) is 2.28. The highest BCUT2D eigenvalue weighted by Gasteiger charge is 2.23. The Labute approximate surface area is 116 Å². The lowest BCUT2D eigenvalue weighted by atomic mass is 10.1. The molecule has 1 fully saturated rings. The van der Waals surface area contributed by atoms with Crippen LogP contribution >= 0.6 is 0 Å². The van der Waals surface area contributed by atoms with Crippen molar-refractivity contribution < 1.29 is 19.4 Å². The zero-order valence-corrected chi connectivity index (χ0v) is 11.6. The minimum Gasteiger partial charge on any atom is -0.480 e. The number of carbonyl (C=O) groups is 2. The summed E-state index contributed by atoms with van der Waals surface area (Å²) in [5.41, 5.74) is 1.18. The smallest absolute Gasteiger partial charge is 0.325 e. The Balaban J connectivity index is 2.11. The molecule has 1 aliphatic rings. The summed E-state index contributed by atoms with van der Waals surface area (Å²) in [5.74, 6) is -1.47. The van der Waals surface area contributed by atoms with Crippen LogP contribution in [0.3, 0.4) is 0 Å². The van der Waals surface area contributed by atoms with Gasteiger partial charge < -0.3 is 15.2 Å². The minimum atomic E-state index is -1.06. The minimum absolute atomic E-state index is 0.238. The molecule has 0 unspecified atom stereocenters. The van der Waals surface area contributed by atoms with Gasteiger partial charge in [0.1, 0.15) is 6.04 Å². The summed E-state index contributed by atoms with van der Waals surface area (Å²) in [6, 6.07) is -0.685. The van der Waals surface area contributed by atoms with E-state index in [2.05, 4.69) is 10.4 Å². The van der Waals surface area contributed by atoms with Gasteiger partial charge in [0, 0.05) is 18.9 Å². The number of hydrogen-bond acceptors (Lipinski definition) is 4. The van der Waals surface area contributed by atoms with Gasteiger partial charge in [-0.2, -0.15) is 5.10 Å². The highest BCUT2D eigenvalue weighted by Crippen LogP contribution is 2.23. The van der Waals surface area contributed by atoms with Crippen LogP contribution in [0.4, 0.5) is 0 Å². The Kier molecular flexibility index (Phi) is 4.39. The molecular formula is C13H19N3O4. The lowest BCUT2D eigenvalue weighted by molar-refractivity contribution is -0.138. The molecule has 0 radical (unpaired) electrons. The molecule has 1 aliphatic heterocycles. The van der Waals surface area contributed by atoms with E-state index in [0.717, 1.165) is 18.5 Å². The van der Waals surface area contributed by atoms with E-state index in [0.29, 0.717) is 18.8 Å². The molecule has 2 rings (SSSR count). The van der Waals surface area contributed by atoms with Crippen LogP contribution in [-0.4, -0.2) is 46.0 Å². The first-order valence-electron chi connectivity index (χ1n) is 6.66. The van der Waals surface area contributed by atoms with Crippen LogP contribution in [0, 0.1) is 6.92 Å². The molecule has 1 saturated heterocycles. The van der Waals surface area contributed by atoms with E-state index < -0.39 is 17.9 Å². The summed E-state index contributed by atoms with van der Waals surface area (Å²) in [5, 5.41) is 15.5. The van der Waals surface area contributed by atoms with Crippen molar-refractivity contribution in [1.82, 2.24) is 15.1 Å². The third-order valence-corrected chi connectivity index (χ3v) is 3.54. The summed E-state index contributed by atoms with van der Waals surface area (Å²) < 4.78 is 7.14. The number of hydrogen-bond donors (Lipinski definition) is 2. The summed E-state index contributed by atoms with van der Waals surface area (Å²) >= 11 is 0. The van der Waals surface area contributed by atoms with Gasteiger partial charge >= 0.3 is 5.97 Å². The van der Waals surface area contributed by atoms with E-state index >= 15 is 0 Å². The summed E-state index contributed by atoms with van der Waals surface area (Å²) in [4.78, 5) is 22.8. The number of rotatable bonds is 4. The molecule has 0 spiro atoms. The number of carboxylic acid groups (broad SMARTS) is 1. The Morgan fingerprint density at radius 3 is 2.75 bits per heavy atom. The molecule has 7 heteroatoms. The molecule has 0 bridgehead atoms. The maximum atomic E-state index is 12.0. The first-order valence-corrected chi connectivity index (χ1v) is 6.66. The molecule has 2 heterocycles. The molecule has 0 saturated carbocycles. The van der Waals surface area contributed by atoms with Crippen LogP contribution in [0.15, 0.2) is 6.20 Å². The lowest BCUT2D eigenvalue weighted by Crippen LogP contribution is -2.38. The number of nitrogens with zero attached hydrogens (tertiary/aromatic N) is 2. The van der Waals surface area contributed by atoms with Gasteiger partial charge in [-0.3, -0.25) is 14.3 Å². The van der Waals surface area contributed by atoms with Crippen molar-refractivity contribution in [2.24, 2.45) is 0 Å². The van der Waals surface area contributed by atoms with Crippen molar-refractivity contribution in [3.63, 3.8) is 0 Å². The number of ether oxygens (including phenoxy) is 1. The van der Waals surface area contributed by atoms with Crippen LogP contribution in [0.1, 0.15) is 41.9 Å². The molecule has 1 aromatic heterocycles. The first-order chi connectivity index (χ1) is 9.50. The Morgan fingerprint density at radius 1 is 1.50 bits per heavy atom. The Hall–Kier alpha value is -1.89. The maximum absolute atomic E-state index is 12.0. The molecule has 1 aromatic rings. The molecule has 110 valence electrons. The Morgan fingerprint density at radius 2 is 2.15 bits per heavy atom. The largest absolute Gasteiger partial charge is 0.480 e. The standard InChI is InChI=1S/C13H19N3O4/c1-8(13(18)19)15-12(17)11-7-14-16(9(11)2)10-3-5-20-6-4-10/h7-8,10H,3-6H2,1-2H3,(H,15,17)(H,18,19)/t8-/m0/s1. The zero-order chi connectivity index (χ0) is 14.7. The normalized spacial score (nSPS) is 17.7. The molecule has 0 aliphatic carbocycles. The number of amides is 1. The van der Waals surface area contributed by atoms with Crippen LogP contribution in [0.25, 0.3) is 0 Å². The Bertz CT molecular complexity index is 506. The fourth-order valence-electron chi connectivity index (χ4n) is 2.28. The van der Waals surface area contributed by atoms with E-state index in [1.54, 1.807) is 0 Å². The molecule has 0 aromatic carbocycles. The van der Waals surface area contributed by atoms with Gasteiger partial charge in [-0.05, 0) is 26.7 Å². The van der Waals surface area contributed by atoms with Gasteiger partial charge in [0.15, 0.2) is 0 Å². The third kappa shape index (κ3) is 2.98. The van der Waals surface area contributed by atoms with Gasteiger partial charge in [0.2, 0.25) is 0 Å². The number of carboxylic acids is 1. The van der Waals surface area contributed by atoms with Crippen molar-refractivity contribution in [2.45, 2.75) is 38.8 Å². The van der Waals surface area contributed by atoms with E-state index in [4.69, 9.17) is 9.84 Å². The molecule has 1 amide bonds. The van der Waals surface area contributed by atoms with E-state index in [1.165, 1.54) is 13.1 Å². The quantitative estimate of drug-likeness (QED) is 0.849. The van der Waals surface area contributed by atoms with Crippen molar-refractivity contribution >= 4 is 11.9 Å². The van der Waals surface area contributed by atoms with Crippen molar-refractivity contribution in [2.75, 3.05) is 13.2 Å². The second kappa shape index (κ2) is 6.04. The van der Waals surface area contributed by atoms with E-state index in [9.17, 15) is 9.59 Å². The average molecular weight is 281 g/mol. The third-order valence-electron chi connectivity index (χ3n) is 3.54. The van der Waals surface area contributed by atoms with Gasteiger partial charge in [-0.15, -0.1) is 0 Å². The zero-order valence-electron chi connectivity index (χ0n) is 11.6. The van der Waals surface area contributed by atoms with Gasteiger partial charge in [0.25, 0.3) is 5.91 Å².